The highest BCUT2D eigenvalue weighted by Gasteiger charge is 2.48. The predicted molar refractivity (Wildman–Crippen MR) is 261 cm³/mol. The van der Waals surface area contributed by atoms with Gasteiger partial charge in [-0.1, -0.05) is 113 Å². The van der Waals surface area contributed by atoms with Crippen molar-refractivity contribution in [1.82, 2.24) is 20.3 Å². The fourth-order valence-electron chi connectivity index (χ4n) is 10.9. The molecule has 4 N–H and O–H groups in total. The van der Waals surface area contributed by atoms with E-state index in [1.165, 1.54) is 80.7 Å². The molecule has 350 valence electrons. The number of ether oxygens (including phenoxy) is 2. The minimum Gasteiger partial charge on any atom is -0.468 e. The van der Waals surface area contributed by atoms with E-state index in [0.717, 1.165) is 88.2 Å². The minimum atomic E-state index is -1.12. The molecule has 3 aromatic rings. The first-order chi connectivity index (χ1) is 30.6. The number of nitrogens with one attached hydrogen (secondary N) is 4. The lowest BCUT2D eigenvalue weighted by molar-refractivity contribution is -0.144. The maximum absolute atomic E-state index is 14.4. The van der Waals surface area contributed by atoms with Crippen LogP contribution in [0.2, 0.25) is 0 Å². The molecule has 9 nitrogen and oxygen atoms in total. The first-order valence-corrected chi connectivity index (χ1v) is 24.9. The van der Waals surface area contributed by atoms with E-state index in [2.05, 4.69) is 108 Å². The largest absolute Gasteiger partial charge is 0.468 e. The van der Waals surface area contributed by atoms with Crippen LogP contribution in [0.4, 0.5) is 0 Å². The summed E-state index contributed by atoms with van der Waals surface area (Å²) in [6.45, 7) is 24.9. The number of Topliss-reactive ketones (excluding diaryl/α,β-unsaturated/α-hetero) is 1. The van der Waals surface area contributed by atoms with Crippen LogP contribution in [0.15, 0.2) is 11.4 Å². The Morgan fingerprint density at radius 1 is 0.703 bits per heavy atom. The third-order valence-corrected chi connectivity index (χ3v) is 15.1. The maximum Gasteiger partial charge on any atom is 0.321 e. The number of rotatable bonds is 21. The van der Waals surface area contributed by atoms with Crippen molar-refractivity contribution in [1.29, 1.82) is 0 Å². The van der Waals surface area contributed by atoms with Crippen LogP contribution < -0.4 is 16.0 Å². The molecule has 6 atom stereocenters. The number of aromatic nitrogens is 3. The molecule has 1 saturated heterocycles. The van der Waals surface area contributed by atoms with Gasteiger partial charge >= 0.3 is 11.9 Å². The zero-order valence-corrected chi connectivity index (χ0v) is 41.4. The van der Waals surface area contributed by atoms with E-state index >= 15 is 0 Å². The Bertz CT molecular complexity index is 2350. The van der Waals surface area contributed by atoms with Crippen molar-refractivity contribution in [3.05, 3.63) is 78.2 Å². The predicted octanol–water partition coefficient (Wildman–Crippen LogP) is 11.1. The number of esters is 2. The summed E-state index contributed by atoms with van der Waals surface area (Å²) in [5, 5.41) is 5.78. The molecule has 0 radical (unpaired) electrons. The second-order valence-electron chi connectivity index (χ2n) is 20.3. The molecule has 1 fully saturated rings. The molecule has 0 aromatic carbocycles. The Hall–Kier alpha value is -4.53. The number of hydrogen-bond donors (Lipinski definition) is 4. The third kappa shape index (κ3) is 10.8. The van der Waals surface area contributed by atoms with Gasteiger partial charge in [0.15, 0.2) is 5.78 Å². The molecule has 2 aliphatic heterocycles. The minimum absolute atomic E-state index is 0.0499. The summed E-state index contributed by atoms with van der Waals surface area (Å²) in [4.78, 5) is 52.6. The van der Waals surface area contributed by atoms with Crippen molar-refractivity contribution < 1.29 is 23.9 Å². The molecule has 1 unspecified atom stereocenters. The van der Waals surface area contributed by atoms with Gasteiger partial charge in [0, 0.05) is 68.6 Å². The van der Waals surface area contributed by atoms with Crippen molar-refractivity contribution in [2.75, 3.05) is 13.7 Å². The van der Waals surface area contributed by atoms with Crippen molar-refractivity contribution in [2.45, 2.75) is 166 Å². The summed E-state index contributed by atoms with van der Waals surface area (Å²) in [6, 6.07) is 0. The van der Waals surface area contributed by atoms with Crippen LogP contribution in [0.1, 0.15) is 193 Å². The Kier molecular flexibility index (Phi) is 16.5. The molecule has 5 heterocycles. The monoisotopic (exact) mass is 877 g/mol. The molecule has 1 aliphatic carbocycles. The normalized spacial score (nSPS) is 22.3. The van der Waals surface area contributed by atoms with Crippen molar-refractivity contribution in [3.63, 3.8) is 0 Å². The number of carbonyl (C=O) groups is 3. The number of carbonyl (C=O) groups excluding carboxylic acids is 3. The summed E-state index contributed by atoms with van der Waals surface area (Å²) in [5.41, 5.74) is 12.1. The Labute approximate surface area is 383 Å². The van der Waals surface area contributed by atoms with Crippen LogP contribution in [0.25, 0.3) is 23.8 Å². The highest BCUT2D eigenvalue weighted by Crippen LogP contribution is 2.48. The van der Waals surface area contributed by atoms with Gasteiger partial charge in [-0.2, -0.15) is 0 Å². The van der Waals surface area contributed by atoms with E-state index in [0.29, 0.717) is 35.8 Å². The van der Waals surface area contributed by atoms with Crippen LogP contribution >= 0.6 is 0 Å². The van der Waals surface area contributed by atoms with E-state index in [1.807, 2.05) is 6.92 Å². The quantitative estimate of drug-likeness (QED) is 0.0623. The van der Waals surface area contributed by atoms with Crippen LogP contribution in [0.3, 0.4) is 0 Å². The highest BCUT2D eigenvalue weighted by atomic mass is 16.5. The van der Waals surface area contributed by atoms with Gasteiger partial charge in [-0.15, -0.1) is 0 Å². The van der Waals surface area contributed by atoms with E-state index < -0.39 is 11.9 Å². The van der Waals surface area contributed by atoms with E-state index in [1.54, 1.807) is 0 Å². The van der Waals surface area contributed by atoms with Gasteiger partial charge in [0.05, 0.1) is 19.4 Å². The molecule has 0 amide bonds. The zero-order chi connectivity index (χ0) is 46.4. The van der Waals surface area contributed by atoms with E-state index in [-0.39, 0.29) is 30.0 Å². The fourth-order valence-corrected chi connectivity index (χ4v) is 10.9. The summed E-state index contributed by atoms with van der Waals surface area (Å²) in [7, 11) is 1.34. The van der Waals surface area contributed by atoms with Crippen molar-refractivity contribution in [2.24, 2.45) is 41.4 Å². The van der Waals surface area contributed by atoms with Crippen LogP contribution in [-0.4, -0.2) is 46.4 Å². The second kappa shape index (κ2) is 21.6. The molecule has 8 bridgehead atoms. The number of H-pyrrole nitrogens is 3. The van der Waals surface area contributed by atoms with Crippen molar-refractivity contribution in [3.8, 4) is 0 Å². The van der Waals surface area contributed by atoms with Gasteiger partial charge in [-0.3, -0.25) is 14.4 Å². The number of methoxy groups -OCH3 is 1. The molecule has 9 heteroatoms. The molecule has 0 spiro atoms. The molecule has 3 aliphatic rings. The number of aromatic amines is 3. The Morgan fingerprint density at radius 3 is 1.91 bits per heavy atom. The van der Waals surface area contributed by atoms with Gasteiger partial charge in [0.2, 0.25) is 0 Å². The summed E-state index contributed by atoms with van der Waals surface area (Å²) < 4.78 is 11.2. The first-order valence-electron chi connectivity index (χ1n) is 24.9. The summed E-state index contributed by atoms with van der Waals surface area (Å²) >= 11 is 0. The zero-order valence-electron chi connectivity index (χ0n) is 41.4. The molecule has 0 saturated carbocycles. The molecular weight excluding hydrogens is 797 g/mol. The van der Waals surface area contributed by atoms with Crippen molar-refractivity contribution >= 4 is 41.5 Å². The smallest absolute Gasteiger partial charge is 0.321 e. The summed E-state index contributed by atoms with van der Waals surface area (Å²) in [5.74, 6) is 0.449. The highest BCUT2D eigenvalue weighted by molar-refractivity contribution is 6.24. The van der Waals surface area contributed by atoms with Gasteiger partial charge in [-0.25, -0.2) is 0 Å². The lowest BCUT2D eigenvalue weighted by atomic mass is 9.85. The number of ketones is 1. The Morgan fingerprint density at radius 2 is 1.30 bits per heavy atom. The molecule has 6 rings (SSSR count). The standard InChI is InChI=1S/C55H80N4O5/c1-13-39-35(8)42-28-44-37(10)41(24-25-48(60)64-27-26-34(7)23-17-22-33(6)21-16-20-32(5)19-15-18-31(3)4)52(58-44)50-51(55(62)63-12)54(61)49-38(11)45(59-53(49)50)30-47-40(14-2)36(9)43(57-47)29-46(39)56-42/h28-34,37,41,51,56-59H,13-27H2,1-12H3/b43-29-,44-28-,47-30-,52-50-/t32-,33-,34?,37+,41+,51-/m1/s1. The second-order valence-corrected chi connectivity index (χ2v) is 20.3. The fraction of sp³-hybridized carbons (Fsp3) is 0.618. The van der Waals surface area contributed by atoms with Crippen LogP contribution in [-0.2, 0) is 31.9 Å². The van der Waals surface area contributed by atoms with Gasteiger partial charge in [0.25, 0.3) is 0 Å². The van der Waals surface area contributed by atoms with Gasteiger partial charge in [-0.05, 0) is 116 Å². The van der Waals surface area contributed by atoms with E-state index in [9.17, 15) is 14.4 Å². The van der Waals surface area contributed by atoms with Crippen LogP contribution in [0, 0.1) is 62.2 Å². The molecular formula is C55H80N4O5. The number of fused-ring (bicyclic) bond motifs is 7. The number of hydrogen-bond acceptors (Lipinski definition) is 6. The summed E-state index contributed by atoms with van der Waals surface area (Å²) in [6.07, 6.45) is 21.5. The first kappa shape index (κ1) is 48.9. The lowest BCUT2D eigenvalue weighted by Gasteiger charge is -2.20. The molecule has 3 aromatic heterocycles. The third-order valence-electron chi connectivity index (χ3n) is 15.1. The number of allylic oxidation sites excluding steroid dienone is 2. The SMILES string of the molecule is CCc1c2[nH]c(c1C)/C=C1\N/C(=C3\c4[nH]c(c(C)c4C(=O)[C@@H]3C(=O)OC)/C=c3\[nH]/c(c(C)c3CC)=C\2)[C@@H](CCC(=O)OCCC(C)CCC[C@H](C)CCC[C@H](C)CCCC(C)C)[C@@H]1C. The van der Waals surface area contributed by atoms with Gasteiger partial charge < -0.3 is 29.7 Å². The average Bonchev–Trinajstić information content (AvgIpc) is 3.99. The average molecular weight is 877 g/mol. The molecule has 64 heavy (non-hydrogen) atoms. The van der Waals surface area contributed by atoms with Gasteiger partial charge in [0.1, 0.15) is 5.92 Å². The van der Waals surface area contributed by atoms with E-state index in [4.69, 9.17) is 9.47 Å². The lowest BCUT2D eigenvalue weighted by Crippen LogP contribution is -2.25. The topological polar surface area (TPSA) is 129 Å². The Balaban J connectivity index is 1.19. The van der Waals surface area contributed by atoms with Crippen LogP contribution in [0.5, 0.6) is 0 Å². The maximum atomic E-state index is 14.4.